The standard InChI is InChI=1S/C14H19IN2O2/c1-11(2)12-3-5-13(6-4-12)14(18)16-7-9-17(19-15)10-8-16/h3-6,11H,7-10H2,1-2H3. The zero-order chi connectivity index (χ0) is 13.8. The molecule has 0 saturated carbocycles. The average Bonchev–Trinajstić information content (AvgIpc) is 2.46. The van der Waals surface area contributed by atoms with Gasteiger partial charge in [-0.15, -0.1) is 0 Å². The highest BCUT2D eigenvalue weighted by Crippen LogP contribution is 2.16. The summed E-state index contributed by atoms with van der Waals surface area (Å²) in [6.07, 6.45) is 0. The third kappa shape index (κ3) is 3.67. The van der Waals surface area contributed by atoms with Crippen LogP contribution in [0.25, 0.3) is 0 Å². The number of halogens is 1. The Morgan fingerprint density at radius 1 is 1.16 bits per heavy atom. The van der Waals surface area contributed by atoms with Crippen LogP contribution in [-0.4, -0.2) is 42.0 Å². The Morgan fingerprint density at radius 2 is 1.74 bits per heavy atom. The molecule has 0 radical (unpaired) electrons. The van der Waals surface area contributed by atoms with Crippen LogP contribution >= 0.6 is 23.0 Å². The van der Waals surface area contributed by atoms with E-state index in [0.29, 0.717) is 19.0 Å². The summed E-state index contributed by atoms with van der Waals surface area (Å²) in [6, 6.07) is 7.95. The molecule has 4 nitrogen and oxygen atoms in total. The molecule has 1 aromatic rings. The first-order chi connectivity index (χ1) is 9.11. The summed E-state index contributed by atoms with van der Waals surface area (Å²) in [6.45, 7) is 7.26. The van der Waals surface area contributed by atoms with Crippen molar-refractivity contribution >= 4 is 28.9 Å². The van der Waals surface area contributed by atoms with Gasteiger partial charge in [0.15, 0.2) is 0 Å². The zero-order valence-electron chi connectivity index (χ0n) is 11.3. The minimum atomic E-state index is 0.114. The highest BCUT2D eigenvalue weighted by molar-refractivity contribution is 14.1. The lowest BCUT2D eigenvalue weighted by Gasteiger charge is -2.32. The molecule has 0 aromatic heterocycles. The fraction of sp³-hybridized carbons (Fsp3) is 0.500. The smallest absolute Gasteiger partial charge is 0.253 e. The number of nitrogens with zero attached hydrogens (tertiary/aromatic N) is 2. The van der Waals surface area contributed by atoms with E-state index < -0.39 is 0 Å². The Labute approximate surface area is 128 Å². The molecule has 19 heavy (non-hydrogen) atoms. The van der Waals surface area contributed by atoms with Crippen molar-refractivity contribution in [2.75, 3.05) is 26.2 Å². The minimum absolute atomic E-state index is 0.114. The maximum absolute atomic E-state index is 12.3. The van der Waals surface area contributed by atoms with E-state index in [2.05, 4.69) is 13.8 Å². The molecule has 1 amide bonds. The van der Waals surface area contributed by atoms with Crippen molar-refractivity contribution < 1.29 is 7.96 Å². The Bertz CT molecular complexity index is 426. The Balaban J connectivity index is 2.00. The summed E-state index contributed by atoms with van der Waals surface area (Å²) >= 11 is 1.87. The molecule has 0 atom stereocenters. The predicted octanol–water partition coefficient (Wildman–Crippen LogP) is 2.85. The number of carbonyl (C=O) groups excluding carboxylic acids is 1. The summed E-state index contributed by atoms with van der Waals surface area (Å²) in [5, 5.41) is 1.87. The highest BCUT2D eigenvalue weighted by atomic mass is 127. The van der Waals surface area contributed by atoms with Crippen LogP contribution in [-0.2, 0) is 3.17 Å². The van der Waals surface area contributed by atoms with Gasteiger partial charge in [-0.2, -0.15) is 5.06 Å². The zero-order valence-corrected chi connectivity index (χ0v) is 13.5. The number of hydrogen-bond donors (Lipinski definition) is 0. The van der Waals surface area contributed by atoms with Crippen LogP contribution < -0.4 is 0 Å². The lowest BCUT2D eigenvalue weighted by molar-refractivity contribution is -0.0439. The number of rotatable bonds is 3. The first-order valence-corrected chi connectivity index (χ1v) is 7.43. The number of amides is 1. The molecule has 1 aliphatic rings. The van der Waals surface area contributed by atoms with Gasteiger partial charge in [-0.25, -0.2) is 3.17 Å². The van der Waals surface area contributed by atoms with Crippen molar-refractivity contribution in [2.24, 2.45) is 0 Å². The first kappa shape index (κ1) is 14.7. The van der Waals surface area contributed by atoms with Crippen molar-refractivity contribution in [1.29, 1.82) is 0 Å². The largest absolute Gasteiger partial charge is 0.336 e. The molecular formula is C14H19IN2O2. The summed E-state index contributed by atoms with van der Waals surface area (Å²) in [5.41, 5.74) is 2.04. The molecule has 0 spiro atoms. The van der Waals surface area contributed by atoms with Gasteiger partial charge < -0.3 is 4.90 Å². The van der Waals surface area contributed by atoms with Crippen molar-refractivity contribution in [3.05, 3.63) is 35.4 Å². The van der Waals surface area contributed by atoms with Crippen LogP contribution in [0, 0.1) is 0 Å². The van der Waals surface area contributed by atoms with Crippen molar-refractivity contribution in [2.45, 2.75) is 19.8 Å². The molecule has 0 aliphatic carbocycles. The SMILES string of the molecule is CC(C)c1ccc(C(=O)N2CCN(OI)CC2)cc1. The molecule has 1 saturated heterocycles. The van der Waals surface area contributed by atoms with Gasteiger partial charge in [-0.3, -0.25) is 4.79 Å². The normalized spacial score (nSPS) is 16.9. The van der Waals surface area contributed by atoms with Gasteiger partial charge in [0.25, 0.3) is 5.91 Å². The summed E-state index contributed by atoms with van der Waals surface area (Å²) < 4.78 is 5.13. The van der Waals surface area contributed by atoms with E-state index >= 15 is 0 Å². The molecule has 0 unspecified atom stereocenters. The van der Waals surface area contributed by atoms with Crippen LogP contribution in [0.4, 0.5) is 0 Å². The number of carbonyl (C=O) groups is 1. The van der Waals surface area contributed by atoms with Crippen LogP contribution in [0.3, 0.4) is 0 Å². The van der Waals surface area contributed by atoms with Gasteiger partial charge in [0.1, 0.15) is 23.0 Å². The average molecular weight is 374 g/mol. The molecule has 0 bridgehead atoms. The van der Waals surface area contributed by atoms with Crippen molar-refractivity contribution in [3.63, 3.8) is 0 Å². The molecule has 5 heteroatoms. The Kier molecular flexibility index (Phi) is 5.18. The highest BCUT2D eigenvalue weighted by Gasteiger charge is 2.22. The van der Waals surface area contributed by atoms with Gasteiger partial charge in [0.2, 0.25) is 0 Å². The second kappa shape index (κ2) is 6.67. The van der Waals surface area contributed by atoms with E-state index in [1.54, 1.807) is 0 Å². The number of piperazine rings is 1. The van der Waals surface area contributed by atoms with Gasteiger partial charge >= 0.3 is 0 Å². The monoisotopic (exact) mass is 374 g/mol. The second-order valence-corrected chi connectivity index (χ2v) is 5.46. The van der Waals surface area contributed by atoms with Crippen molar-refractivity contribution in [3.8, 4) is 0 Å². The molecule has 1 fully saturated rings. The molecule has 1 heterocycles. The fourth-order valence-corrected chi connectivity index (χ4v) is 2.55. The van der Waals surface area contributed by atoms with Gasteiger partial charge in [0, 0.05) is 31.7 Å². The van der Waals surface area contributed by atoms with E-state index in [4.69, 9.17) is 3.17 Å². The van der Waals surface area contributed by atoms with E-state index in [9.17, 15) is 4.79 Å². The lowest BCUT2D eigenvalue weighted by Crippen LogP contribution is -2.47. The van der Waals surface area contributed by atoms with E-state index in [1.807, 2.05) is 57.2 Å². The molecule has 2 rings (SSSR count). The number of hydroxylamine groups is 2. The van der Waals surface area contributed by atoms with Crippen molar-refractivity contribution in [1.82, 2.24) is 9.96 Å². The second-order valence-electron chi connectivity index (χ2n) is 5.07. The quantitative estimate of drug-likeness (QED) is 0.763. The topological polar surface area (TPSA) is 32.8 Å². The maximum atomic E-state index is 12.3. The Morgan fingerprint density at radius 3 is 2.21 bits per heavy atom. The van der Waals surface area contributed by atoms with E-state index in [0.717, 1.165) is 18.7 Å². The summed E-state index contributed by atoms with van der Waals surface area (Å²) in [4.78, 5) is 14.2. The fourth-order valence-electron chi connectivity index (χ4n) is 2.15. The molecule has 1 aromatic carbocycles. The Hall–Kier alpha value is -0.660. The third-order valence-electron chi connectivity index (χ3n) is 3.45. The molecule has 1 aliphatic heterocycles. The number of hydrogen-bond acceptors (Lipinski definition) is 3. The number of benzene rings is 1. The van der Waals surface area contributed by atoms with Crippen LogP contribution in [0.1, 0.15) is 35.7 Å². The van der Waals surface area contributed by atoms with Crippen LogP contribution in [0.5, 0.6) is 0 Å². The maximum Gasteiger partial charge on any atom is 0.253 e. The van der Waals surface area contributed by atoms with Gasteiger partial charge in [-0.1, -0.05) is 26.0 Å². The van der Waals surface area contributed by atoms with Crippen LogP contribution in [0.2, 0.25) is 0 Å². The summed E-state index contributed by atoms with van der Waals surface area (Å²) in [5.74, 6) is 0.608. The molecular weight excluding hydrogens is 355 g/mol. The summed E-state index contributed by atoms with van der Waals surface area (Å²) in [7, 11) is 0. The first-order valence-electron chi connectivity index (χ1n) is 6.54. The van der Waals surface area contributed by atoms with Gasteiger partial charge in [0.05, 0.1) is 0 Å². The predicted molar refractivity (Wildman–Crippen MR) is 83.1 cm³/mol. The third-order valence-corrected chi connectivity index (χ3v) is 4.00. The van der Waals surface area contributed by atoms with Crippen LogP contribution in [0.15, 0.2) is 24.3 Å². The molecule has 0 N–H and O–H groups in total. The minimum Gasteiger partial charge on any atom is -0.336 e. The van der Waals surface area contributed by atoms with E-state index in [-0.39, 0.29) is 5.91 Å². The molecule has 104 valence electrons. The van der Waals surface area contributed by atoms with E-state index in [1.165, 1.54) is 5.56 Å². The lowest BCUT2D eigenvalue weighted by atomic mass is 10.0. The van der Waals surface area contributed by atoms with Gasteiger partial charge in [-0.05, 0) is 23.6 Å².